The Balaban J connectivity index is 1.64. The van der Waals surface area contributed by atoms with Crippen molar-refractivity contribution in [2.75, 3.05) is 0 Å². The van der Waals surface area contributed by atoms with Gasteiger partial charge < -0.3 is 10.7 Å². The highest BCUT2D eigenvalue weighted by atomic mass is 15.1. The van der Waals surface area contributed by atoms with Gasteiger partial charge in [0.2, 0.25) is 0 Å². The van der Waals surface area contributed by atoms with E-state index in [9.17, 15) is 0 Å². The van der Waals surface area contributed by atoms with Gasteiger partial charge in [-0.25, -0.2) is 4.98 Å². The molecule has 0 fully saturated rings. The van der Waals surface area contributed by atoms with Gasteiger partial charge in [-0.2, -0.15) is 5.10 Å². The fraction of sp³-hybridized carbons (Fsp3) is 0.0800. The molecular formula is C25H22N6. The van der Waals surface area contributed by atoms with E-state index in [1.165, 1.54) is 0 Å². The van der Waals surface area contributed by atoms with Gasteiger partial charge in [0.1, 0.15) is 5.69 Å². The lowest BCUT2D eigenvalue weighted by Crippen LogP contribution is -1.93. The third-order valence-corrected chi connectivity index (χ3v) is 5.47. The molecule has 4 aromatic rings. The van der Waals surface area contributed by atoms with E-state index in [1.807, 2.05) is 37.4 Å². The number of nitrogens with two attached hydrogens (primary N) is 1. The predicted molar refractivity (Wildman–Crippen MR) is 127 cm³/mol. The standard InChI is InChI=1S/C25H22N6/c1-3-15(11-18(26)4-2)17-9-10-21-19(12-17)24(31-30-21)25-28-22-14-27-13-20(23(22)29-25)16-7-5-6-8-16/h3-5,7-14H,2,6,26H2,1H3,(H,28,29)(H,30,31)/b15-3+,18-11+. The Morgan fingerprint density at radius 1 is 1.23 bits per heavy atom. The van der Waals surface area contributed by atoms with Crippen LogP contribution in [0.15, 0.2) is 79.3 Å². The number of benzene rings is 1. The van der Waals surface area contributed by atoms with Crippen molar-refractivity contribution in [3.05, 3.63) is 90.5 Å². The molecule has 31 heavy (non-hydrogen) atoms. The fourth-order valence-corrected chi connectivity index (χ4v) is 3.86. The molecule has 1 aliphatic carbocycles. The number of hydrogen-bond donors (Lipinski definition) is 3. The minimum absolute atomic E-state index is 0.619. The molecular weight excluding hydrogens is 384 g/mol. The molecule has 5 rings (SSSR count). The quantitative estimate of drug-likeness (QED) is 0.393. The van der Waals surface area contributed by atoms with Gasteiger partial charge in [-0.15, -0.1) is 0 Å². The monoisotopic (exact) mass is 406 g/mol. The average molecular weight is 406 g/mol. The number of aromatic nitrogens is 5. The Morgan fingerprint density at radius 3 is 2.90 bits per heavy atom. The van der Waals surface area contributed by atoms with Crippen LogP contribution in [0.2, 0.25) is 0 Å². The molecule has 0 bridgehead atoms. The van der Waals surface area contributed by atoms with Crippen LogP contribution in [0.5, 0.6) is 0 Å². The van der Waals surface area contributed by atoms with Crippen LogP contribution in [0.1, 0.15) is 24.5 Å². The van der Waals surface area contributed by atoms with Crippen molar-refractivity contribution in [1.29, 1.82) is 0 Å². The maximum absolute atomic E-state index is 5.96. The number of imidazole rings is 1. The summed E-state index contributed by atoms with van der Waals surface area (Å²) in [6.45, 7) is 5.72. The second kappa shape index (κ2) is 7.57. The van der Waals surface area contributed by atoms with Crippen molar-refractivity contribution in [2.24, 2.45) is 5.73 Å². The Hall–Kier alpha value is -4.19. The summed E-state index contributed by atoms with van der Waals surface area (Å²) in [6, 6.07) is 6.17. The van der Waals surface area contributed by atoms with E-state index in [0.29, 0.717) is 11.5 Å². The first-order valence-electron chi connectivity index (χ1n) is 10.1. The highest BCUT2D eigenvalue weighted by Crippen LogP contribution is 2.32. The summed E-state index contributed by atoms with van der Waals surface area (Å²) in [4.78, 5) is 12.7. The van der Waals surface area contributed by atoms with Gasteiger partial charge in [0, 0.05) is 22.8 Å². The second-order valence-electron chi connectivity index (χ2n) is 7.39. The summed E-state index contributed by atoms with van der Waals surface area (Å²) in [6.07, 6.45) is 16.6. The molecule has 6 nitrogen and oxygen atoms in total. The van der Waals surface area contributed by atoms with Crippen LogP contribution in [0, 0.1) is 0 Å². The zero-order chi connectivity index (χ0) is 21.4. The molecule has 0 spiro atoms. The van der Waals surface area contributed by atoms with E-state index in [-0.39, 0.29) is 0 Å². The van der Waals surface area contributed by atoms with Crippen molar-refractivity contribution >= 4 is 33.1 Å². The van der Waals surface area contributed by atoms with Crippen LogP contribution in [-0.2, 0) is 0 Å². The second-order valence-corrected chi connectivity index (χ2v) is 7.39. The van der Waals surface area contributed by atoms with E-state index in [4.69, 9.17) is 10.7 Å². The molecule has 0 unspecified atom stereocenters. The van der Waals surface area contributed by atoms with Gasteiger partial charge in [-0.05, 0) is 54.3 Å². The maximum atomic E-state index is 5.96. The van der Waals surface area contributed by atoms with Gasteiger partial charge in [-0.3, -0.25) is 10.1 Å². The molecule has 0 radical (unpaired) electrons. The van der Waals surface area contributed by atoms with Gasteiger partial charge >= 0.3 is 0 Å². The van der Waals surface area contributed by atoms with Crippen molar-refractivity contribution < 1.29 is 0 Å². The van der Waals surface area contributed by atoms with Crippen LogP contribution in [0.25, 0.3) is 44.6 Å². The molecule has 1 aliphatic rings. The molecule has 4 N–H and O–H groups in total. The summed E-state index contributed by atoms with van der Waals surface area (Å²) in [5, 5.41) is 8.64. The van der Waals surface area contributed by atoms with Crippen molar-refractivity contribution in [3.8, 4) is 11.5 Å². The van der Waals surface area contributed by atoms with E-state index >= 15 is 0 Å². The highest BCUT2D eigenvalue weighted by molar-refractivity contribution is 5.98. The zero-order valence-electron chi connectivity index (χ0n) is 17.2. The summed E-state index contributed by atoms with van der Waals surface area (Å²) in [7, 11) is 0. The maximum Gasteiger partial charge on any atom is 0.159 e. The third kappa shape index (κ3) is 3.28. The smallest absolute Gasteiger partial charge is 0.159 e. The highest BCUT2D eigenvalue weighted by Gasteiger charge is 2.16. The number of nitrogens with zero attached hydrogens (tertiary/aromatic N) is 3. The van der Waals surface area contributed by atoms with Gasteiger partial charge in [-0.1, -0.05) is 36.9 Å². The Kier molecular flexibility index (Phi) is 4.59. The minimum Gasteiger partial charge on any atom is -0.399 e. The largest absolute Gasteiger partial charge is 0.399 e. The molecule has 0 amide bonds. The Morgan fingerprint density at radius 2 is 2.13 bits per heavy atom. The normalized spacial score (nSPS) is 14.5. The number of rotatable bonds is 5. The summed E-state index contributed by atoms with van der Waals surface area (Å²) in [5.41, 5.74) is 14.3. The fourth-order valence-electron chi connectivity index (χ4n) is 3.86. The minimum atomic E-state index is 0.619. The third-order valence-electron chi connectivity index (χ3n) is 5.47. The summed E-state index contributed by atoms with van der Waals surface area (Å²) < 4.78 is 0. The average Bonchev–Trinajstić information content (AvgIpc) is 3.55. The van der Waals surface area contributed by atoms with E-state index in [0.717, 1.165) is 56.3 Å². The number of H-pyrrole nitrogens is 2. The number of allylic oxidation sites excluding steroid dienone is 8. The van der Waals surface area contributed by atoms with Crippen LogP contribution in [0.3, 0.4) is 0 Å². The lowest BCUT2D eigenvalue weighted by Gasteiger charge is -2.04. The number of hydrogen-bond acceptors (Lipinski definition) is 4. The SMILES string of the molecule is C=C/C(N)=C\C(=C/C)c1ccc2[nH]nc(-c3nc4c(C5=CCC=C5)cncc4[nH]3)c2c1. The number of fused-ring (bicyclic) bond motifs is 2. The first-order valence-corrected chi connectivity index (χ1v) is 10.1. The zero-order valence-corrected chi connectivity index (χ0v) is 17.2. The van der Waals surface area contributed by atoms with Gasteiger partial charge in [0.05, 0.1) is 22.7 Å². The van der Waals surface area contributed by atoms with Gasteiger partial charge in [0.15, 0.2) is 5.82 Å². The molecule has 3 heterocycles. The van der Waals surface area contributed by atoms with Crippen LogP contribution in [0.4, 0.5) is 0 Å². The Bertz CT molecular complexity index is 1440. The molecule has 6 heteroatoms. The summed E-state index contributed by atoms with van der Waals surface area (Å²) in [5.74, 6) is 0.707. The van der Waals surface area contributed by atoms with Crippen LogP contribution in [-0.4, -0.2) is 25.1 Å². The van der Waals surface area contributed by atoms with Crippen LogP contribution >= 0.6 is 0 Å². The molecule has 3 aromatic heterocycles. The summed E-state index contributed by atoms with van der Waals surface area (Å²) >= 11 is 0. The molecule has 0 atom stereocenters. The van der Waals surface area contributed by atoms with E-state index < -0.39 is 0 Å². The number of aromatic amines is 2. The Labute approximate surface area is 179 Å². The lowest BCUT2D eigenvalue weighted by molar-refractivity contribution is 1.11. The molecule has 0 saturated heterocycles. The first kappa shape index (κ1) is 18.8. The van der Waals surface area contributed by atoms with E-state index in [1.54, 1.807) is 12.3 Å². The van der Waals surface area contributed by atoms with E-state index in [2.05, 4.69) is 51.0 Å². The van der Waals surface area contributed by atoms with Crippen molar-refractivity contribution in [1.82, 2.24) is 25.1 Å². The predicted octanol–water partition coefficient (Wildman–Crippen LogP) is 5.28. The molecule has 1 aromatic carbocycles. The topological polar surface area (TPSA) is 96.3 Å². The molecule has 152 valence electrons. The van der Waals surface area contributed by atoms with Gasteiger partial charge in [0.25, 0.3) is 0 Å². The van der Waals surface area contributed by atoms with Crippen LogP contribution < -0.4 is 5.73 Å². The lowest BCUT2D eigenvalue weighted by atomic mass is 10.0. The molecule has 0 saturated carbocycles. The first-order chi connectivity index (χ1) is 15.2. The van der Waals surface area contributed by atoms with Crippen molar-refractivity contribution in [2.45, 2.75) is 13.3 Å². The molecule has 0 aliphatic heterocycles. The number of nitrogens with one attached hydrogen (secondary N) is 2. The number of pyridine rings is 1. The van der Waals surface area contributed by atoms with Crippen molar-refractivity contribution in [3.63, 3.8) is 0 Å².